The molecule has 0 heterocycles. The van der Waals surface area contributed by atoms with Gasteiger partial charge in [-0.05, 0) is 18.4 Å². The summed E-state index contributed by atoms with van der Waals surface area (Å²) < 4.78 is 5.44. The summed E-state index contributed by atoms with van der Waals surface area (Å²) in [6, 6.07) is 4.37. The minimum Gasteiger partial charge on any atom is -0.377 e. The third-order valence-corrected chi connectivity index (χ3v) is 2.71. The second-order valence-electron chi connectivity index (χ2n) is 4.27. The van der Waals surface area contributed by atoms with E-state index in [1.807, 2.05) is 0 Å². The number of ether oxygens (including phenoxy) is 1. The highest BCUT2D eigenvalue weighted by Crippen LogP contribution is 2.22. The van der Waals surface area contributed by atoms with E-state index in [0.717, 1.165) is 6.42 Å². The highest BCUT2D eigenvalue weighted by molar-refractivity contribution is 6.31. The minimum atomic E-state index is -0.437. The van der Waals surface area contributed by atoms with E-state index in [-0.39, 0.29) is 5.69 Å². The van der Waals surface area contributed by atoms with Crippen molar-refractivity contribution in [1.29, 1.82) is 0 Å². The van der Waals surface area contributed by atoms with E-state index in [0.29, 0.717) is 29.7 Å². The third-order valence-electron chi connectivity index (χ3n) is 2.34. The normalized spacial score (nSPS) is 10.8. The zero-order valence-corrected chi connectivity index (χ0v) is 10.7. The predicted molar refractivity (Wildman–Crippen MR) is 67.2 cm³/mol. The fraction of sp³-hybridized carbons (Fsp3) is 0.500. The van der Waals surface area contributed by atoms with Crippen LogP contribution < -0.4 is 0 Å². The van der Waals surface area contributed by atoms with Gasteiger partial charge in [-0.25, -0.2) is 0 Å². The van der Waals surface area contributed by atoms with Gasteiger partial charge in [0, 0.05) is 29.3 Å². The summed E-state index contributed by atoms with van der Waals surface area (Å²) in [4.78, 5) is 10.2. The largest absolute Gasteiger partial charge is 0.377 e. The molecule has 0 N–H and O–H groups in total. The summed E-state index contributed by atoms with van der Waals surface area (Å²) in [6.45, 7) is 5.18. The monoisotopic (exact) mass is 257 g/mol. The lowest BCUT2D eigenvalue weighted by Crippen LogP contribution is -2.00. The van der Waals surface area contributed by atoms with Gasteiger partial charge < -0.3 is 4.74 Å². The van der Waals surface area contributed by atoms with E-state index >= 15 is 0 Å². The molecule has 0 unspecified atom stereocenters. The Kier molecular flexibility index (Phi) is 5.38. The molecule has 5 heteroatoms. The smallest absolute Gasteiger partial charge is 0.269 e. The van der Waals surface area contributed by atoms with E-state index in [1.54, 1.807) is 0 Å². The van der Waals surface area contributed by atoms with Crippen LogP contribution in [0.3, 0.4) is 0 Å². The summed E-state index contributed by atoms with van der Waals surface area (Å²) >= 11 is 5.94. The Labute approximate surface area is 106 Å². The van der Waals surface area contributed by atoms with Crippen LogP contribution in [0, 0.1) is 16.0 Å². The fourth-order valence-electron chi connectivity index (χ4n) is 1.29. The molecule has 0 amide bonds. The summed E-state index contributed by atoms with van der Waals surface area (Å²) in [5.41, 5.74) is 0.696. The molecule has 4 nitrogen and oxygen atoms in total. The van der Waals surface area contributed by atoms with Crippen molar-refractivity contribution < 1.29 is 9.66 Å². The summed E-state index contributed by atoms with van der Waals surface area (Å²) in [6.07, 6.45) is 0.965. The van der Waals surface area contributed by atoms with Gasteiger partial charge in [-0.15, -0.1) is 0 Å². The van der Waals surface area contributed by atoms with Gasteiger partial charge in [0.25, 0.3) is 5.69 Å². The molecule has 0 aromatic heterocycles. The Morgan fingerprint density at radius 3 is 2.76 bits per heavy atom. The molecule has 0 aliphatic heterocycles. The van der Waals surface area contributed by atoms with Crippen LogP contribution in [0.15, 0.2) is 18.2 Å². The number of nitro groups is 1. The number of non-ortho nitro benzene ring substituents is 1. The van der Waals surface area contributed by atoms with Gasteiger partial charge in [-0.3, -0.25) is 10.1 Å². The molecule has 0 aliphatic carbocycles. The molecule has 1 aromatic carbocycles. The van der Waals surface area contributed by atoms with E-state index in [4.69, 9.17) is 16.3 Å². The summed E-state index contributed by atoms with van der Waals surface area (Å²) in [5, 5.41) is 11.1. The topological polar surface area (TPSA) is 52.4 Å². The molecule has 94 valence electrons. The average molecular weight is 258 g/mol. The van der Waals surface area contributed by atoms with Crippen LogP contribution in [0.25, 0.3) is 0 Å². The highest BCUT2D eigenvalue weighted by Gasteiger charge is 2.09. The first-order valence-corrected chi connectivity index (χ1v) is 5.89. The van der Waals surface area contributed by atoms with Gasteiger partial charge in [-0.1, -0.05) is 25.4 Å². The Hall–Kier alpha value is -1.13. The van der Waals surface area contributed by atoms with Gasteiger partial charge in [0.15, 0.2) is 0 Å². The molecular weight excluding hydrogens is 242 g/mol. The number of nitrogens with zero attached hydrogens (tertiary/aromatic N) is 1. The number of halogens is 1. The molecule has 0 atom stereocenters. The fourth-order valence-corrected chi connectivity index (χ4v) is 1.46. The summed E-state index contributed by atoms with van der Waals surface area (Å²) in [5.74, 6) is 0.579. The molecule has 0 radical (unpaired) electrons. The van der Waals surface area contributed by atoms with E-state index in [1.165, 1.54) is 18.2 Å². The van der Waals surface area contributed by atoms with Gasteiger partial charge >= 0.3 is 0 Å². The zero-order chi connectivity index (χ0) is 12.8. The van der Waals surface area contributed by atoms with Crippen LogP contribution in [0.4, 0.5) is 5.69 Å². The number of hydrogen-bond donors (Lipinski definition) is 0. The molecule has 1 aromatic rings. The molecule has 0 fully saturated rings. The van der Waals surface area contributed by atoms with Gasteiger partial charge in [0.05, 0.1) is 11.5 Å². The Morgan fingerprint density at radius 1 is 1.47 bits per heavy atom. The number of nitro benzene ring substituents is 1. The Bertz CT molecular complexity index is 393. The van der Waals surface area contributed by atoms with E-state index in [9.17, 15) is 10.1 Å². The first kappa shape index (κ1) is 13.9. The Balaban J connectivity index is 2.57. The van der Waals surface area contributed by atoms with Crippen molar-refractivity contribution in [3.8, 4) is 0 Å². The molecule has 0 saturated heterocycles. The van der Waals surface area contributed by atoms with Crippen LogP contribution in [0.2, 0.25) is 5.02 Å². The number of hydrogen-bond acceptors (Lipinski definition) is 3. The predicted octanol–water partition coefficient (Wildman–Crippen LogP) is 3.81. The molecule has 0 saturated carbocycles. The molecule has 1 rings (SSSR count). The number of benzene rings is 1. The van der Waals surface area contributed by atoms with Gasteiger partial charge in [0.1, 0.15) is 0 Å². The lowest BCUT2D eigenvalue weighted by atomic mass is 10.1. The van der Waals surface area contributed by atoms with Crippen molar-refractivity contribution in [2.24, 2.45) is 5.92 Å². The zero-order valence-electron chi connectivity index (χ0n) is 9.98. The van der Waals surface area contributed by atoms with Crippen LogP contribution in [-0.2, 0) is 11.3 Å². The van der Waals surface area contributed by atoms with Crippen LogP contribution in [-0.4, -0.2) is 11.5 Å². The van der Waals surface area contributed by atoms with E-state index in [2.05, 4.69) is 13.8 Å². The number of rotatable bonds is 6. The van der Waals surface area contributed by atoms with Crippen LogP contribution in [0.1, 0.15) is 25.8 Å². The first-order valence-electron chi connectivity index (χ1n) is 5.51. The van der Waals surface area contributed by atoms with Crippen molar-refractivity contribution in [1.82, 2.24) is 0 Å². The third kappa shape index (κ3) is 4.71. The van der Waals surface area contributed by atoms with Crippen molar-refractivity contribution in [3.05, 3.63) is 38.9 Å². The highest BCUT2D eigenvalue weighted by atomic mass is 35.5. The summed E-state index contributed by atoms with van der Waals surface area (Å²) in [7, 11) is 0. The maximum atomic E-state index is 10.6. The van der Waals surface area contributed by atoms with E-state index < -0.39 is 4.92 Å². The molecule has 0 spiro atoms. The second kappa shape index (κ2) is 6.57. The molecule has 0 bridgehead atoms. The van der Waals surface area contributed by atoms with Crippen LogP contribution >= 0.6 is 11.6 Å². The molecule has 0 aliphatic rings. The van der Waals surface area contributed by atoms with Gasteiger partial charge in [0.2, 0.25) is 0 Å². The second-order valence-corrected chi connectivity index (χ2v) is 4.68. The lowest BCUT2D eigenvalue weighted by molar-refractivity contribution is -0.384. The van der Waals surface area contributed by atoms with Gasteiger partial charge in [-0.2, -0.15) is 0 Å². The first-order chi connectivity index (χ1) is 8.00. The van der Waals surface area contributed by atoms with Crippen LogP contribution in [0.5, 0.6) is 0 Å². The standard InChI is InChI=1S/C12H16ClNO3/c1-9(2)5-6-17-8-10-7-11(14(15)16)3-4-12(10)13/h3-4,7,9H,5-6,8H2,1-2H3. The maximum absolute atomic E-state index is 10.6. The average Bonchev–Trinajstić information content (AvgIpc) is 2.25. The van der Waals surface area contributed by atoms with Crippen molar-refractivity contribution >= 4 is 17.3 Å². The van der Waals surface area contributed by atoms with Crippen molar-refractivity contribution in [3.63, 3.8) is 0 Å². The molecule has 17 heavy (non-hydrogen) atoms. The maximum Gasteiger partial charge on any atom is 0.269 e. The molecular formula is C12H16ClNO3. The lowest BCUT2D eigenvalue weighted by Gasteiger charge is -2.07. The van der Waals surface area contributed by atoms with Crippen molar-refractivity contribution in [2.75, 3.05) is 6.61 Å². The SMILES string of the molecule is CC(C)CCOCc1cc([N+](=O)[O-])ccc1Cl. The minimum absolute atomic E-state index is 0.0388. The quantitative estimate of drug-likeness (QED) is 0.442. The Morgan fingerprint density at radius 2 is 2.18 bits per heavy atom. The van der Waals surface area contributed by atoms with Crippen molar-refractivity contribution in [2.45, 2.75) is 26.9 Å².